The van der Waals surface area contributed by atoms with E-state index in [1.807, 2.05) is 6.92 Å². The van der Waals surface area contributed by atoms with E-state index in [0.717, 1.165) is 5.56 Å². The van der Waals surface area contributed by atoms with Crippen molar-refractivity contribution in [2.45, 2.75) is 6.92 Å². The van der Waals surface area contributed by atoms with Gasteiger partial charge in [-0.1, -0.05) is 11.6 Å². The van der Waals surface area contributed by atoms with Gasteiger partial charge in [0.15, 0.2) is 6.29 Å². The molecule has 5 heteroatoms. The maximum Gasteiger partial charge on any atom is 0.313 e. The third kappa shape index (κ3) is 3.14. The summed E-state index contributed by atoms with van der Waals surface area (Å²) in [5.74, 6) is -1.43. The maximum atomic E-state index is 11.5. The minimum Gasteiger partial charge on any atom is -0.341 e. The smallest absolute Gasteiger partial charge is 0.313 e. The van der Waals surface area contributed by atoms with Gasteiger partial charge in [-0.25, -0.2) is 0 Å². The Morgan fingerprint density at radius 2 is 1.94 bits per heavy atom. The van der Waals surface area contributed by atoms with Gasteiger partial charge in [0.1, 0.15) is 0 Å². The topological polar surface area (TPSA) is 66.5 Å². The number of nitrogens with zero attached hydrogens (tertiary/aromatic N) is 1. The van der Waals surface area contributed by atoms with Gasteiger partial charge in [-0.15, -0.1) is 0 Å². The Bertz CT molecular complexity index is 467. The van der Waals surface area contributed by atoms with E-state index in [4.69, 9.17) is 0 Å². The van der Waals surface area contributed by atoms with Gasteiger partial charge in [-0.2, -0.15) is 0 Å². The Labute approximate surface area is 99.4 Å². The summed E-state index contributed by atoms with van der Waals surface area (Å²) >= 11 is 0. The number of aldehydes is 1. The van der Waals surface area contributed by atoms with Crippen LogP contribution in [0.3, 0.4) is 0 Å². The van der Waals surface area contributed by atoms with Gasteiger partial charge in [0.25, 0.3) is 0 Å². The molecule has 0 atom stereocenters. The highest BCUT2D eigenvalue weighted by atomic mass is 16.2. The first-order chi connectivity index (χ1) is 7.95. The molecule has 0 aromatic heterocycles. The van der Waals surface area contributed by atoms with E-state index in [0.29, 0.717) is 17.5 Å². The Balaban J connectivity index is 2.92. The zero-order valence-corrected chi connectivity index (χ0v) is 9.98. The molecule has 0 saturated carbocycles. The second-order valence-corrected chi connectivity index (χ2v) is 3.86. The van der Waals surface area contributed by atoms with Crippen LogP contribution in [0, 0.1) is 6.92 Å². The van der Waals surface area contributed by atoms with E-state index in [2.05, 4.69) is 5.32 Å². The lowest BCUT2D eigenvalue weighted by Crippen LogP contribution is -2.34. The number of aryl methyl sites for hydroxylation is 1. The number of hydrogen-bond donors (Lipinski definition) is 1. The number of nitrogens with one attached hydrogen (secondary N) is 1. The van der Waals surface area contributed by atoms with Crippen LogP contribution in [0.2, 0.25) is 0 Å². The van der Waals surface area contributed by atoms with E-state index in [9.17, 15) is 14.4 Å². The summed E-state index contributed by atoms with van der Waals surface area (Å²) in [5, 5.41) is 2.41. The summed E-state index contributed by atoms with van der Waals surface area (Å²) in [7, 11) is 2.97. The van der Waals surface area contributed by atoms with Crippen molar-refractivity contribution >= 4 is 23.8 Å². The number of amides is 2. The lowest BCUT2D eigenvalue weighted by atomic mass is 10.1. The van der Waals surface area contributed by atoms with Crippen molar-refractivity contribution in [2.75, 3.05) is 19.4 Å². The monoisotopic (exact) mass is 234 g/mol. The van der Waals surface area contributed by atoms with Crippen molar-refractivity contribution in [2.24, 2.45) is 0 Å². The average Bonchev–Trinajstić information content (AvgIpc) is 2.30. The lowest BCUT2D eigenvalue weighted by molar-refractivity contribution is -0.141. The molecule has 0 heterocycles. The van der Waals surface area contributed by atoms with Crippen LogP contribution in [0.25, 0.3) is 0 Å². The van der Waals surface area contributed by atoms with Crippen LogP contribution >= 0.6 is 0 Å². The highest BCUT2D eigenvalue weighted by molar-refractivity contribution is 6.39. The second kappa shape index (κ2) is 5.25. The van der Waals surface area contributed by atoms with Crippen LogP contribution in [-0.2, 0) is 9.59 Å². The number of carbonyl (C=O) groups is 3. The number of carbonyl (C=O) groups excluding carboxylic acids is 3. The molecule has 0 unspecified atom stereocenters. The molecule has 2 amide bonds. The van der Waals surface area contributed by atoms with Crippen LogP contribution in [0.4, 0.5) is 5.69 Å². The summed E-state index contributed by atoms with van der Waals surface area (Å²) in [6.07, 6.45) is 0.642. The Morgan fingerprint density at radius 1 is 1.29 bits per heavy atom. The van der Waals surface area contributed by atoms with Gasteiger partial charge in [-0.05, 0) is 19.1 Å². The van der Waals surface area contributed by atoms with Crippen molar-refractivity contribution in [3.63, 3.8) is 0 Å². The van der Waals surface area contributed by atoms with Crippen LogP contribution in [-0.4, -0.2) is 37.1 Å². The van der Waals surface area contributed by atoms with Crippen LogP contribution in [0.15, 0.2) is 18.2 Å². The molecule has 0 spiro atoms. The molecular formula is C12H14N2O3. The second-order valence-electron chi connectivity index (χ2n) is 3.86. The van der Waals surface area contributed by atoms with E-state index in [1.54, 1.807) is 18.2 Å². The van der Waals surface area contributed by atoms with Crippen LogP contribution in [0.5, 0.6) is 0 Å². The van der Waals surface area contributed by atoms with E-state index >= 15 is 0 Å². The molecule has 1 N–H and O–H groups in total. The molecule has 17 heavy (non-hydrogen) atoms. The normalized spacial score (nSPS) is 9.59. The average molecular weight is 234 g/mol. The number of anilines is 1. The third-order valence-corrected chi connectivity index (χ3v) is 2.18. The third-order valence-electron chi connectivity index (χ3n) is 2.18. The van der Waals surface area contributed by atoms with Crippen molar-refractivity contribution in [1.82, 2.24) is 4.90 Å². The predicted molar refractivity (Wildman–Crippen MR) is 63.9 cm³/mol. The van der Waals surface area contributed by atoms with E-state index in [-0.39, 0.29) is 0 Å². The Kier molecular flexibility index (Phi) is 3.98. The van der Waals surface area contributed by atoms with E-state index in [1.165, 1.54) is 19.0 Å². The SMILES string of the molecule is Cc1ccc(NC(=O)C(=O)N(C)C)c(C=O)c1. The summed E-state index contributed by atoms with van der Waals surface area (Å²) < 4.78 is 0. The lowest BCUT2D eigenvalue weighted by Gasteiger charge is -2.11. The van der Waals surface area contributed by atoms with Gasteiger partial charge in [0.05, 0.1) is 5.69 Å². The highest BCUT2D eigenvalue weighted by Gasteiger charge is 2.16. The summed E-state index contributed by atoms with van der Waals surface area (Å²) in [5.41, 5.74) is 1.60. The molecule has 5 nitrogen and oxygen atoms in total. The molecule has 0 radical (unpaired) electrons. The number of hydrogen-bond acceptors (Lipinski definition) is 3. The first-order valence-electron chi connectivity index (χ1n) is 5.04. The quantitative estimate of drug-likeness (QED) is 0.609. The Hall–Kier alpha value is -2.17. The summed E-state index contributed by atoms with van der Waals surface area (Å²) in [4.78, 5) is 34.8. The number of benzene rings is 1. The molecule has 0 bridgehead atoms. The highest BCUT2D eigenvalue weighted by Crippen LogP contribution is 2.15. The Morgan fingerprint density at radius 3 is 2.47 bits per heavy atom. The zero-order chi connectivity index (χ0) is 13.0. The van der Waals surface area contributed by atoms with Crippen LogP contribution in [0.1, 0.15) is 15.9 Å². The molecule has 90 valence electrons. The van der Waals surface area contributed by atoms with Gasteiger partial charge in [0.2, 0.25) is 0 Å². The van der Waals surface area contributed by atoms with Gasteiger partial charge >= 0.3 is 11.8 Å². The number of rotatable bonds is 2. The minimum absolute atomic E-state index is 0.339. The van der Waals surface area contributed by atoms with Gasteiger partial charge < -0.3 is 10.2 Å². The molecular weight excluding hydrogens is 220 g/mol. The largest absolute Gasteiger partial charge is 0.341 e. The molecule has 1 aromatic rings. The predicted octanol–water partition coefficient (Wildman–Crippen LogP) is 0.834. The van der Waals surface area contributed by atoms with Gasteiger partial charge in [0, 0.05) is 19.7 Å². The number of likely N-dealkylation sites (N-methyl/N-ethyl adjacent to an activating group) is 1. The molecule has 0 aliphatic rings. The van der Waals surface area contributed by atoms with Crippen molar-refractivity contribution in [3.05, 3.63) is 29.3 Å². The molecule has 0 saturated heterocycles. The fraction of sp³-hybridized carbons (Fsp3) is 0.250. The summed E-state index contributed by atoms with van der Waals surface area (Å²) in [6, 6.07) is 4.99. The van der Waals surface area contributed by atoms with E-state index < -0.39 is 11.8 Å². The van der Waals surface area contributed by atoms with Crippen LogP contribution < -0.4 is 5.32 Å². The maximum absolute atomic E-state index is 11.5. The fourth-order valence-electron chi connectivity index (χ4n) is 1.27. The first-order valence-corrected chi connectivity index (χ1v) is 5.04. The first kappa shape index (κ1) is 12.9. The molecule has 0 fully saturated rings. The molecule has 0 aliphatic heterocycles. The standard InChI is InChI=1S/C12H14N2O3/c1-8-4-5-10(9(6-8)7-15)13-11(16)12(17)14(2)3/h4-7H,1-3H3,(H,13,16). The molecule has 1 aromatic carbocycles. The minimum atomic E-state index is -0.762. The zero-order valence-electron chi connectivity index (χ0n) is 9.98. The fourth-order valence-corrected chi connectivity index (χ4v) is 1.27. The molecule has 1 rings (SSSR count). The molecule has 0 aliphatic carbocycles. The van der Waals surface area contributed by atoms with Crippen molar-refractivity contribution in [3.8, 4) is 0 Å². The summed E-state index contributed by atoms with van der Waals surface area (Å²) in [6.45, 7) is 1.84. The van der Waals surface area contributed by atoms with Crippen molar-refractivity contribution < 1.29 is 14.4 Å². The van der Waals surface area contributed by atoms with Crippen molar-refractivity contribution in [1.29, 1.82) is 0 Å². The van der Waals surface area contributed by atoms with Gasteiger partial charge in [-0.3, -0.25) is 14.4 Å².